The zero-order valence-electron chi connectivity index (χ0n) is 9.48. The molecule has 0 saturated carbocycles. The number of aromatic hydroxyl groups is 1. The first-order valence-corrected chi connectivity index (χ1v) is 4.93. The van der Waals surface area contributed by atoms with Crippen molar-refractivity contribution in [1.29, 1.82) is 0 Å². The highest BCUT2D eigenvalue weighted by molar-refractivity contribution is 5.97. The van der Waals surface area contributed by atoms with E-state index in [1.54, 1.807) is 0 Å². The lowest BCUT2D eigenvalue weighted by Crippen LogP contribution is -2.34. The first kappa shape index (κ1) is 11.5. The number of ether oxygens (including phenoxy) is 2. The molecule has 0 amide bonds. The Morgan fingerprint density at radius 3 is 2.71 bits per heavy atom. The Hall–Kier alpha value is -2.01. The van der Waals surface area contributed by atoms with Gasteiger partial charge < -0.3 is 19.7 Å². The van der Waals surface area contributed by atoms with Gasteiger partial charge in [0.25, 0.3) is 0 Å². The third-order valence-electron chi connectivity index (χ3n) is 2.81. The van der Waals surface area contributed by atoms with Crippen LogP contribution in [0.1, 0.15) is 22.8 Å². The number of methoxy groups -OCH3 is 1. The third-order valence-corrected chi connectivity index (χ3v) is 2.81. The maximum Gasteiger partial charge on any atom is 0.347 e. The van der Waals surface area contributed by atoms with Crippen LogP contribution < -0.4 is 4.74 Å². The topological polar surface area (TPSA) is 76.0 Å². The number of phenolic OH excluding ortho intramolecular Hbond substituents is 1. The molecule has 0 bridgehead atoms. The average molecular weight is 236 g/mol. The quantitative estimate of drug-likeness (QED) is 0.718. The number of phenols is 1. The van der Waals surface area contributed by atoms with Crippen LogP contribution in [-0.2, 0) is 10.3 Å². The number of benzene rings is 1. The van der Waals surface area contributed by atoms with Gasteiger partial charge in [0.05, 0.1) is 7.11 Å². The van der Waals surface area contributed by atoms with Crippen molar-refractivity contribution in [2.45, 2.75) is 12.5 Å². The predicted octanol–water partition coefficient (Wildman–Crippen LogP) is 1.29. The van der Waals surface area contributed by atoms with Gasteiger partial charge in [-0.1, -0.05) is 6.58 Å². The molecule has 0 aromatic heterocycles. The van der Waals surface area contributed by atoms with Crippen LogP contribution >= 0.6 is 0 Å². The minimum Gasteiger partial charge on any atom is -0.507 e. The lowest BCUT2D eigenvalue weighted by molar-refractivity contribution is 0.00825. The second-order valence-corrected chi connectivity index (χ2v) is 3.95. The number of cyclic esters (lactones) is 1. The molecule has 1 aromatic carbocycles. The number of aliphatic hydroxyl groups is 1. The molecule has 1 heterocycles. The molecule has 0 radical (unpaired) electrons. The fourth-order valence-corrected chi connectivity index (χ4v) is 1.73. The second kappa shape index (κ2) is 3.49. The minimum absolute atomic E-state index is 0.0665. The number of carbonyl (C=O) groups is 1. The lowest BCUT2D eigenvalue weighted by Gasteiger charge is -2.32. The summed E-state index contributed by atoms with van der Waals surface area (Å²) in [5.41, 5.74) is -1.39. The van der Waals surface area contributed by atoms with Crippen molar-refractivity contribution in [1.82, 2.24) is 0 Å². The summed E-state index contributed by atoms with van der Waals surface area (Å²) < 4.78 is 9.77. The van der Waals surface area contributed by atoms with E-state index in [4.69, 9.17) is 9.47 Å². The van der Waals surface area contributed by atoms with Gasteiger partial charge in [-0.05, 0) is 13.0 Å². The Morgan fingerprint density at radius 1 is 1.47 bits per heavy atom. The molecule has 2 N–H and O–H groups in total. The summed E-state index contributed by atoms with van der Waals surface area (Å²) >= 11 is 0. The van der Waals surface area contributed by atoms with Crippen LogP contribution in [0.25, 0.3) is 0 Å². The van der Waals surface area contributed by atoms with Crippen molar-refractivity contribution in [2.24, 2.45) is 0 Å². The van der Waals surface area contributed by atoms with Crippen molar-refractivity contribution in [3.8, 4) is 11.5 Å². The van der Waals surface area contributed by atoms with E-state index < -0.39 is 11.6 Å². The number of hydrogen-bond acceptors (Lipinski definition) is 5. The molecule has 5 nitrogen and oxygen atoms in total. The van der Waals surface area contributed by atoms with Crippen molar-refractivity contribution in [2.75, 3.05) is 7.11 Å². The second-order valence-electron chi connectivity index (χ2n) is 3.95. The molecular weight excluding hydrogens is 224 g/mol. The highest BCUT2D eigenvalue weighted by atomic mass is 16.6. The highest BCUT2D eigenvalue weighted by Gasteiger charge is 2.41. The van der Waals surface area contributed by atoms with Crippen LogP contribution in [0, 0.1) is 0 Å². The molecule has 17 heavy (non-hydrogen) atoms. The maximum atomic E-state index is 11.6. The van der Waals surface area contributed by atoms with Gasteiger partial charge in [0.1, 0.15) is 28.4 Å². The maximum absolute atomic E-state index is 11.6. The summed E-state index contributed by atoms with van der Waals surface area (Å²) in [7, 11) is 1.42. The molecule has 0 fully saturated rings. The molecule has 0 aliphatic carbocycles. The SMILES string of the molecule is C=C1OC(=O)c2c(O)cc(OC)cc2[C@]1(C)O. The number of rotatable bonds is 1. The van der Waals surface area contributed by atoms with E-state index >= 15 is 0 Å². The first-order chi connectivity index (χ1) is 7.87. The van der Waals surface area contributed by atoms with Crippen molar-refractivity contribution in [3.63, 3.8) is 0 Å². The van der Waals surface area contributed by atoms with Gasteiger partial charge in [0.2, 0.25) is 0 Å². The lowest BCUT2D eigenvalue weighted by atomic mass is 9.87. The van der Waals surface area contributed by atoms with Crippen LogP contribution in [0.15, 0.2) is 24.5 Å². The van der Waals surface area contributed by atoms with Crippen LogP contribution in [0.3, 0.4) is 0 Å². The standard InChI is InChI=1S/C12H12O5/c1-6-12(2,15)8-4-7(16-3)5-9(13)10(8)11(14)17-6/h4-5,13,15H,1H2,2-3H3/t12-/m1/s1. The first-order valence-electron chi connectivity index (χ1n) is 4.93. The summed E-state index contributed by atoms with van der Waals surface area (Å²) in [6.07, 6.45) is 0. The van der Waals surface area contributed by atoms with Gasteiger partial charge in [-0.15, -0.1) is 0 Å². The molecule has 1 aromatic rings. The van der Waals surface area contributed by atoms with Gasteiger partial charge in [-0.25, -0.2) is 4.79 Å². The summed E-state index contributed by atoms with van der Waals surface area (Å²) in [4.78, 5) is 11.6. The molecule has 1 aliphatic heterocycles. The molecule has 2 rings (SSSR count). The zero-order chi connectivity index (χ0) is 12.8. The van der Waals surface area contributed by atoms with E-state index in [0.717, 1.165) is 0 Å². The Morgan fingerprint density at radius 2 is 2.12 bits per heavy atom. The Bertz CT molecular complexity index is 516. The summed E-state index contributed by atoms with van der Waals surface area (Å²) in [5, 5.41) is 19.9. The van der Waals surface area contributed by atoms with Crippen molar-refractivity contribution in [3.05, 3.63) is 35.6 Å². The minimum atomic E-state index is -1.55. The summed E-state index contributed by atoms with van der Waals surface area (Å²) in [6, 6.07) is 2.75. The van der Waals surface area contributed by atoms with Crippen LogP contribution in [0.4, 0.5) is 0 Å². The number of hydrogen-bond donors (Lipinski definition) is 2. The van der Waals surface area contributed by atoms with E-state index in [1.165, 1.54) is 26.2 Å². The van der Waals surface area contributed by atoms with Gasteiger partial charge in [0.15, 0.2) is 0 Å². The summed E-state index contributed by atoms with van der Waals surface area (Å²) in [5.74, 6) is -0.777. The normalized spacial score (nSPS) is 23.0. The van der Waals surface area contributed by atoms with E-state index in [-0.39, 0.29) is 22.6 Å². The van der Waals surface area contributed by atoms with Crippen molar-refractivity contribution >= 4 is 5.97 Å². The molecule has 90 valence electrons. The van der Waals surface area contributed by atoms with Gasteiger partial charge in [-0.2, -0.15) is 0 Å². The molecule has 5 heteroatoms. The van der Waals surface area contributed by atoms with Crippen molar-refractivity contribution < 1.29 is 24.5 Å². The Kier molecular flexibility index (Phi) is 2.36. The van der Waals surface area contributed by atoms with Crippen LogP contribution in [-0.4, -0.2) is 23.3 Å². The van der Waals surface area contributed by atoms with Gasteiger partial charge in [-0.3, -0.25) is 0 Å². The molecule has 0 saturated heterocycles. The van der Waals surface area contributed by atoms with E-state index in [9.17, 15) is 15.0 Å². The van der Waals surface area contributed by atoms with Gasteiger partial charge >= 0.3 is 5.97 Å². The largest absolute Gasteiger partial charge is 0.507 e. The molecule has 1 atom stereocenters. The predicted molar refractivity (Wildman–Crippen MR) is 58.8 cm³/mol. The average Bonchev–Trinajstić information content (AvgIpc) is 2.25. The number of fused-ring (bicyclic) bond motifs is 1. The Balaban J connectivity index is 2.75. The third kappa shape index (κ3) is 1.55. The van der Waals surface area contributed by atoms with Crippen LogP contribution in [0.2, 0.25) is 0 Å². The highest BCUT2D eigenvalue weighted by Crippen LogP contribution is 2.42. The van der Waals surface area contributed by atoms with E-state index in [0.29, 0.717) is 5.75 Å². The smallest absolute Gasteiger partial charge is 0.347 e. The van der Waals surface area contributed by atoms with Gasteiger partial charge in [0, 0.05) is 11.6 Å². The van der Waals surface area contributed by atoms with E-state index in [1.807, 2.05) is 0 Å². The zero-order valence-corrected chi connectivity index (χ0v) is 9.48. The number of esters is 1. The fourth-order valence-electron chi connectivity index (χ4n) is 1.73. The molecule has 0 unspecified atom stereocenters. The summed E-state index contributed by atoms with van der Waals surface area (Å²) in [6.45, 7) is 4.92. The molecule has 1 aliphatic rings. The number of carbonyl (C=O) groups excluding carboxylic acids is 1. The van der Waals surface area contributed by atoms with Crippen LogP contribution in [0.5, 0.6) is 11.5 Å². The van der Waals surface area contributed by atoms with E-state index in [2.05, 4.69) is 6.58 Å². The fraction of sp³-hybridized carbons (Fsp3) is 0.250. The molecular formula is C12H12O5. The Labute approximate surface area is 97.9 Å². The monoisotopic (exact) mass is 236 g/mol. The molecule has 0 spiro atoms.